The van der Waals surface area contributed by atoms with Crippen molar-refractivity contribution in [1.29, 1.82) is 0 Å². The number of ether oxygens (including phenoxy) is 1. The van der Waals surface area contributed by atoms with Crippen LogP contribution in [-0.4, -0.2) is 31.2 Å². The van der Waals surface area contributed by atoms with Crippen LogP contribution >= 0.6 is 0 Å². The zero-order valence-corrected chi connectivity index (χ0v) is 36.7. The molecule has 2 fully saturated rings. The number of pyridine rings is 1. The number of fused-ring (bicyclic) bond motifs is 1. The monoisotopic (exact) mass is 832 g/mol. The normalized spacial score (nSPS) is 22.4. The van der Waals surface area contributed by atoms with Crippen LogP contribution < -0.4 is 5.32 Å². The lowest BCUT2D eigenvalue weighted by molar-refractivity contribution is -0.137. The van der Waals surface area contributed by atoms with E-state index in [2.05, 4.69) is 82.0 Å². The third kappa shape index (κ3) is 11.8. The molecular formula is C51H66F5N3O. The van der Waals surface area contributed by atoms with Crippen molar-refractivity contribution in [3.63, 3.8) is 0 Å². The average Bonchev–Trinajstić information content (AvgIpc) is 3.93. The Morgan fingerprint density at radius 3 is 2.27 bits per heavy atom. The molecule has 9 heteroatoms. The number of nitrogens with zero attached hydrogens (tertiary/aromatic N) is 2. The van der Waals surface area contributed by atoms with Crippen molar-refractivity contribution in [2.24, 2.45) is 16.3 Å². The number of benzene rings is 2. The van der Waals surface area contributed by atoms with Gasteiger partial charge in [0.1, 0.15) is 0 Å². The number of rotatable bonds is 18. The second-order valence-electron chi connectivity index (χ2n) is 18.9. The third-order valence-corrected chi connectivity index (χ3v) is 13.2. The van der Waals surface area contributed by atoms with E-state index in [9.17, 15) is 22.0 Å². The van der Waals surface area contributed by atoms with Crippen LogP contribution in [0.4, 0.5) is 22.0 Å². The average molecular weight is 832 g/mol. The number of aromatic nitrogens is 1. The summed E-state index contributed by atoms with van der Waals surface area (Å²) in [7, 11) is 1.94. The zero-order valence-electron chi connectivity index (χ0n) is 36.7. The molecule has 0 spiro atoms. The van der Waals surface area contributed by atoms with Crippen LogP contribution in [0, 0.1) is 11.3 Å². The number of hydrogen-bond donors (Lipinski definition) is 1. The first-order valence-electron chi connectivity index (χ1n) is 22.3. The Hall–Kier alpha value is -3.69. The molecule has 0 bridgehead atoms. The first-order chi connectivity index (χ1) is 28.5. The van der Waals surface area contributed by atoms with Crippen molar-refractivity contribution in [2.45, 2.75) is 161 Å². The van der Waals surface area contributed by atoms with Crippen molar-refractivity contribution >= 4 is 6.72 Å². The largest absolute Gasteiger partial charge is 0.416 e. The predicted octanol–water partition coefficient (Wildman–Crippen LogP) is 14.1. The SMILES string of the molecule is C=N/C=C(\C=C(\C)CCC(CCNC)c1nc2c(c(C3CCC(F)(F)CC3)c1Cc1ccc(C(F)(F)F)cc1)[C@@H](OCc1ccc(C3CC3C)cc1)CC(C)(C)C2)CCC. The maximum Gasteiger partial charge on any atom is 0.416 e. The van der Waals surface area contributed by atoms with Crippen LogP contribution in [0.5, 0.6) is 0 Å². The molecule has 4 nitrogen and oxygen atoms in total. The molecule has 2 saturated carbocycles. The van der Waals surface area contributed by atoms with Gasteiger partial charge in [0.05, 0.1) is 18.3 Å². The molecular weight excluding hydrogens is 766 g/mol. The van der Waals surface area contributed by atoms with E-state index in [4.69, 9.17) is 9.72 Å². The number of allylic oxidation sites excluding steroid dienone is 3. The predicted molar refractivity (Wildman–Crippen MR) is 234 cm³/mol. The number of aliphatic imine (C=N–C) groups is 1. The summed E-state index contributed by atoms with van der Waals surface area (Å²) in [6.07, 6.45) is 6.84. The fraction of sp³-hybridized carbons (Fsp3) is 0.569. The molecule has 326 valence electrons. The maximum atomic E-state index is 15.0. The summed E-state index contributed by atoms with van der Waals surface area (Å²) in [5.74, 6) is -1.53. The van der Waals surface area contributed by atoms with Crippen LogP contribution in [0.15, 0.2) is 76.9 Å². The molecule has 0 aliphatic heterocycles. The molecule has 1 N–H and O–H groups in total. The van der Waals surface area contributed by atoms with Gasteiger partial charge in [0, 0.05) is 41.9 Å². The molecule has 4 atom stereocenters. The van der Waals surface area contributed by atoms with Gasteiger partial charge < -0.3 is 10.1 Å². The lowest BCUT2D eigenvalue weighted by Gasteiger charge is -2.41. The minimum Gasteiger partial charge on any atom is -0.369 e. The molecule has 3 aromatic rings. The highest BCUT2D eigenvalue weighted by molar-refractivity contribution is 5.50. The van der Waals surface area contributed by atoms with E-state index in [1.54, 1.807) is 12.1 Å². The number of hydrogen-bond acceptors (Lipinski definition) is 4. The highest BCUT2D eigenvalue weighted by Crippen LogP contribution is 2.52. The molecule has 0 amide bonds. The fourth-order valence-corrected chi connectivity index (χ4v) is 9.78. The Kier molecular flexibility index (Phi) is 14.9. The van der Waals surface area contributed by atoms with E-state index < -0.39 is 17.7 Å². The lowest BCUT2D eigenvalue weighted by Crippen LogP contribution is -2.33. The summed E-state index contributed by atoms with van der Waals surface area (Å²) < 4.78 is 78.2. The highest BCUT2D eigenvalue weighted by Gasteiger charge is 2.43. The van der Waals surface area contributed by atoms with Crippen LogP contribution in [-0.2, 0) is 30.4 Å². The van der Waals surface area contributed by atoms with Gasteiger partial charge in [-0.1, -0.05) is 82.2 Å². The number of nitrogens with one attached hydrogen (secondary N) is 1. The quantitative estimate of drug-likeness (QED) is 0.0789. The Morgan fingerprint density at radius 1 is 1.00 bits per heavy atom. The van der Waals surface area contributed by atoms with Crippen molar-refractivity contribution in [1.82, 2.24) is 10.3 Å². The summed E-state index contributed by atoms with van der Waals surface area (Å²) >= 11 is 0. The fourth-order valence-electron chi connectivity index (χ4n) is 9.78. The molecule has 0 saturated heterocycles. The Bertz CT molecular complexity index is 1970. The van der Waals surface area contributed by atoms with Crippen molar-refractivity contribution < 1.29 is 26.7 Å². The van der Waals surface area contributed by atoms with E-state index in [-0.39, 0.29) is 36.2 Å². The second kappa shape index (κ2) is 19.6. The number of alkyl halides is 5. The van der Waals surface area contributed by atoms with Gasteiger partial charge in [-0.2, -0.15) is 13.2 Å². The molecule has 3 aliphatic rings. The summed E-state index contributed by atoms with van der Waals surface area (Å²) in [4.78, 5) is 9.69. The molecule has 1 aromatic heterocycles. The summed E-state index contributed by atoms with van der Waals surface area (Å²) in [6, 6.07) is 14.2. The molecule has 0 radical (unpaired) electrons. The molecule has 60 heavy (non-hydrogen) atoms. The minimum atomic E-state index is -4.46. The van der Waals surface area contributed by atoms with E-state index >= 15 is 0 Å². The first kappa shape index (κ1) is 45.8. The zero-order chi connectivity index (χ0) is 43.2. The third-order valence-electron chi connectivity index (χ3n) is 13.2. The maximum absolute atomic E-state index is 15.0. The van der Waals surface area contributed by atoms with E-state index in [1.165, 1.54) is 17.6 Å². The lowest BCUT2D eigenvalue weighted by atomic mass is 9.68. The molecule has 1 heterocycles. The molecule has 3 unspecified atom stereocenters. The van der Waals surface area contributed by atoms with Gasteiger partial charge in [0.25, 0.3) is 0 Å². The van der Waals surface area contributed by atoms with Gasteiger partial charge in [0.15, 0.2) is 0 Å². The topological polar surface area (TPSA) is 46.5 Å². The van der Waals surface area contributed by atoms with Gasteiger partial charge in [-0.3, -0.25) is 9.98 Å². The van der Waals surface area contributed by atoms with Crippen molar-refractivity contribution in [3.8, 4) is 0 Å². The summed E-state index contributed by atoms with van der Waals surface area (Å²) in [6.45, 7) is 15.9. The van der Waals surface area contributed by atoms with Crippen molar-refractivity contribution in [3.05, 3.63) is 122 Å². The smallest absolute Gasteiger partial charge is 0.369 e. The molecule has 6 rings (SSSR count). The first-order valence-corrected chi connectivity index (χ1v) is 22.3. The van der Waals surface area contributed by atoms with E-state index in [0.717, 1.165) is 114 Å². The van der Waals surface area contributed by atoms with Gasteiger partial charge in [-0.05, 0) is 160 Å². The Labute approximate surface area is 355 Å². The molecule has 3 aliphatic carbocycles. The van der Waals surface area contributed by atoms with Crippen molar-refractivity contribution in [2.75, 3.05) is 13.6 Å². The molecule has 2 aromatic carbocycles. The van der Waals surface area contributed by atoms with Gasteiger partial charge in [0.2, 0.25) is 5.92 Å². The van der Waals surface area contributed by atoms with Crippen LogP contribution in [0.25, 0.3) is 0 Å². The Morgan fingerprint density at radius 2 is 1.67 bits per heavy atom. The number of halogens is 5. The van der Waals surface area contributed by atoms with Crippen LogP contribution in [0.3, 0.4) is 0 Å². The van der Waals surface area contributed by atoms with Crippen LogP contribution in [0.1, 0.15) is 179 Å². The Balaban J connectivity index is 1.49. The van der Waals surface area contributed by atoms with E-state index in [1.807, 2.05) is 13.2 Å². The van der Waals surface area contributed by atoms with Crippen LogP contribution in [0.2, 0.25) is 0 Å². The highest BCUT2D eigenvalue weighted by atomic mass is 19.4. The summed E-state index contributed by atoms with van der Waals surface area (Å²) in [5.41, 5.74) is 9.67. The van der Waals surface area contributed by atoms with Gasteiger partial charge in [-0.15, -0.1) is 0 Å². The van der Waals surface area contributed by atoms with Gasteiger partial charge in [-0.25, -0.2) is 8.78 Å². The summed E-state index contributed by atoms with van der Waals surface area (Å²) in [5, 5.41) is 3.35. The minimum absolute atomic E-state index is 0.00701. The standard InChI is InChI=1S/C51H66F5N3O/c1-8-9-37(31-58-7)26-33(2)10-15-40(22-25-57-6)48-43(28-35-13-18-41(19-14-35)51(54,55)56)46(39-20-23-50(52,53)24-21-39)47-44(59-48)29-49(4,5)30-45(47)60-32-36-11-16-38(17-12-36)42-27-34(42)3/h11-14,16-19,26,31,34,39-40,42,45,57H,7-10,15,20-25,27-30,32H2,1-6H3/b33-26-,37-31-/t34?,40?,42?,45-/m0/s1. The van der Waals surface area contributed by atoms with Gasteiger partial charge >= 0.3 is 6.18 Å². The second-order valence-corrected chi connectivity index (χ2v) is 18.9. The van der Waals surface area contributed by atoms with E-state index in [0.29, 0.717) is 31.8 Å².